The fourth-order valence-corrected chi connectivity index (χ4v) is 1.98. The van der Waals surface area contributed by atoms with Crippen LogP contribution in [0.1, 0.15) is 32.3 Å². The number of hydrogen-bond acceptors (Lipinski definition) is 3. The van der Waals surface area contributed by atoms with Gasteiger partial charge in [0.1, 0.15) is 0 Å². The molecule has 0 aliphatic rings. The molecule has 0 fully saturated rings. The van der Waals surface area contributed by atoms with Gasteiger partial charge in [-0.25, -0.2) is 0 Å². The summed E-state index contributed by atoms with van der Waals surface area (Å²) in [6.45, 7) is 6.49. The van der Waals surface area contributed by atoms with E-state index in [1.807, 2.05) is 19.1 Å². The zero-order valence-corrected chi connectivity index (χ0v) is 12.1. The molecule has 0 bridgehead atoms. The van der Waals surface area contributed by atoms with Gasteiger partial charge in [0.2, 0.25) is 0 Å². The van der Waals surface area contributed by atoms with Gasteiger partial charge >= 0.3 is 0 Å². The Hall–Kier alpha value is -0.930. The van der Waals surface area contributed by atoms with Crippen molar-refractivity contribution in [1.29, 1.82) is 0 Å². The molecule has 0 amide bonds. The number of unbranched alkanes of at least 4 members (excludes halogenated alkanes) is 1. The van der Waals surface area contributed by atoms with Crippen molar-refractivity contribution in [2.24, 2.45) is 0 Å². The lowest BCUT2D eigenvalue weighted by atomic mass is 10.2. The highest BCUT2D eigenvalue weighted by Gasteiger charge is 2.11. The minimum Gasteiger partial charge on any atom is -0.493 e. The molecule has 0 saturated heterocycles. The monoisotopic (exact) mass is 271 g/mol. The molecule has 4 heteroatoms. The van der Waals surface area contributed by atoms with Gasteiger partial charge in [0.05, 0.1) is 18.7 Å². The van der Waals surface area contributed by atoms with Crippen LogP contribution in [0.4, 0.5) is 0 Å². The van der Waals surface area contributed by atoms with Gasteiger partial charge in [-0.2, -0.15) is 0 Å². The molecule has 0 atom stereocenters. The molecule has 0 aromatic heterocycles. The highest BCUT2D eigenvalue weighted by atomic mass is 35.5. The zero-order valence-electron chi connectivity index (χ0n) is 11.4. The Balaban J connectivity index is 2.73. The molecule has 1 N–H and O–H groups in total. The van der Waals surface area contributed by atoms with Gasteiger partial charge in [-0.05, 0) is 37.6 Å². The van der Waals surface area contributed by atoms with E-state index < -0.39 is 0 Å². The lowest BCUT2D eigenvalue weighted by Crippen LogP contribution is -2.14. The minimum atomic E-state index is 0.574. The van der Waals surface area contributed by atoms with Gasteiger partial charge in [-0.15, -0.1) is 0 Å². The van der Waals surface area contributed by atoms with Crippen LogP contribution in [0.3, 0.4) is 0 Å². The Morgan fingerprint density at radius 1 is 1.28 bits per heavy atom. The van der Waals surface area contributed by atoms with Gasteiger partial charge < -0.3 is 14.8 Å². The maximum atomic E-state index is 6.20. The molecular weight excluding hydrogens is 250 g/mol. The van der Waals surface area contributed by atoms with Crippen molar-refractivity contribution in [2.45, 2.75) is 33.2 Å². The SMILES string of the molecule is CCCCNCc1cc(Cl)c(OCC)c(OC)c1. The molecular formula is C14H22ClNO2. The van der Waals surface area contributed by atoms with Crippen molar-refractivity contribution in [2.75, 3.05) is 20.3 Å². The summed E-state index contributed by atoms with van der Waals surface area (Å²) in [4.78, 5) is 0. The molecule has 1 rings (SSSR count). The minimum absolute atomic E-state index is 0.574. The Morgan fingerprint density at radius 2 is 2.06 bits per heavy atom. The molecule has 0 aliphatic carbocycles. The van der Waals surface area contributed by atoms with Crippen molar-refractivity contribution in [1.82, 2.24) is 5.32 Å². The van der Waals surface area contributed by atoms with E-state index in [-0.39, 0.29) is 0 Å². The number of rotatable bonds is 8. The van der Waals surface area contributed by atoms with Crippen LogP contribution in [-0.2, 0) is 6.54 Å². The second-order valence-electron chi connectivity index (χ2n) is 4.07. The average molecular weight is 272 g/mol. The largest absolute Gasteiger partial charge is 0.493 e. The summed E-state index contributed by atoms with van der Waals surface area (Å²) in [7, 11) is 1.63. The summed E-state index contributed by atoms with van der Waals surface area (Å²) < 4.78 is 10.8. The predicted molar refractivity (Wildman–Crippen MR) is 75.8 cm³/mol. The fourth-order valence-electron chi connectivity index (χ4n) is 1.69. The normalized spacial score (nSPS) is 10.4. The van der Waals surface area contributed by atoms with Gasteiger partial charge in [0.15, 0.2) is 11.5 Å². The Morgan fingerprint density at radius 3 is 2.67 bits per heavy atom. The lowest BCUT2D eigenvalue weighted by molar-refractivity contribution is 0.311. The summed E-state index contributed by atoms with van der Waals surface area (Å²) in [6.07, 6.45) is 2.38. The van der Waals surface area contributed by atoms with Crippen LogP contribution >= 0.6 is 11.6 Å². The molecule has 1 aromatic rings. The molecule has 102 valence electrons. The van der Waals surface area contributed by atoms with Crippen molar-refractivity contribution in [3.8, 4) is 11.5 Å². The number of hydrogen-bond donors (Lipinski definition) is 1. The molecule has 0 aliphatic heterocycles. The first-order chi connectivity index (χ1) is 8.72. The van der Waals surface area contributed by atoms with E-state index in [9.17, 15) is 0 Å². The highest BCUT2D eigenvalue weighted by Crippen LogP contribution is 2.36. The van der Waals surface area contributed by atoms with Gasteiger partial charge in [-0.3, -0.25) is 0 Å². The molecule has 3 nitrogen and oxygen atoms in total. The molecule has 18 heavy (non-hydrogen) atoms. The third-order valence-corrected chi connectivity index (χ3v) is 2.89. The van der Waals surface area contributed by atoms with Gasteiger partial charge in [-0.1, -0.05) is 24.9 Å². The van der Waals surface area contributed by atoms with Crippen LogP contribution in [0, 0.1) is 0 Å². The molecule has 0 saturated carbocycles. The third kappa shape index (κ3) is 4.39. The Kier molecular flexibility index (Phi) is 6.91. The maximum absolute atomic E-state index is 6.20. The number of nitrogens with one attached hydrogen (secondary N) is 1. The van der Waals surface area contributed by atoms with Crippen LogP contribution < -0.4 is 14.8 Å². The average Bonchev–Trinajstić information content (AvgIpc) is 2.37. The van der Waals surface area contributed by atoms with Gasteiger partial charge in [0.25, 0.3) is 0 Å². The molecule has 0 unspecified atom stereocenters. The van der Waals surface area contributed by atoms with Crippen LogP contribution in [0.5, 0.6) is 11.5 Å². The van der Waals surface area contributed by atoms with Crippen LogP contribution in [-0.4, -0.2) is 20.3 Å². The predicted octanol–water partition coefficient (Wildman–Crippen LogP) is 3.64. The summed E-state index contributed by atoms with van der Waals surface area (Å²) in [5.74, 6) is 1.32. The van der Waals surface area contributed by atoms with E-state index in [2.05, 4.69) is 12.2 Å². The molecule has 0 heterocycles. The third-order valence-electron chi connectivity index (χ3n) is 2.61. The van der Waals surface area contributed by atoms with Gasteiger partial charge in [0, 0.05) is 6.54 Å². The van der Waals surface area contributed by atoms with E-state index in [0.717, 1.165) is 18.7 Å². The fraction of sp³-hybridized carbons (Fsp3) is 0.571. The maximum Gasteiger partial charge on any atom is 0.179 e. The number of methoxy groups -OCH3 is 1. The topological polar surface area (TPSA) is 30.5 Å². The van der Waals surface area contributed by atoms with E-state index >= 15 is 0 Å². The Bertz CT molecular complexity index is 369. The number of ether oxygens (including phenoxy) is 2. The van der Waals surface area contributed by atoms with E-state index in [4.69, 9.17) is 21.1 Å². The first-order valence-corrected chi connectivity index (χ1v) is 6.80. The number of benzene rings is 1. The number of halogens is 1. The summed E-state index contributed by atoms with van der Waals surface area (Å²) in [5, 5.41) is 3.98. The smallest absolute Gasteiger partial charge is 0.179 e. The molecule has 0 radical (unpaired) electrons. The first-order valence-electron chi connectivity index (χ1n) is 6.42. The summed E-state index contributed by atoms with van der Waals surface area (Å²) >= 11 is 6.20. The molecule has 0 spiro atoms. The zero-order chi connectivity index (χ0) is 13.4. The standard InChI is InChI=1S/C14H22ClNO2/c1-4-6-7-16-10-11-8-12(15)14(18-5-2)13(9-11)17-3/h8-9,16H,4-7,10H2,1-3H3. The molecule has 1 aromatic carbocycles. The van der Waals surface area contributed by atoms with Crippen LogP contribution in [0.2, 0.25) is 5.02 Å². The Labute approximate surface area is 114 Å². The summed E-state index contributed by atoms with van der Waals surface area (Å²) in [5.41, 5.74) is 1.11. The van der Waals surface area contributed by atoms with Crippen LogP contribution in [0.25, 0.3) is 0 Å². The second kappa shape index (κ2) is 8.22. The van der Waals surface area contributed by atoms with Crippen molar-refractivity contribution in [3.05, 3.63) is 22.7 Å². The highest BCUT2D eigenvalue weighted by molar-refractivity contribution is 6.32. The van der Waals surface area contributed by atoms with E-state index in [0.29, 0.717) is 23.1 Å². The van der Waals surface area contributed by atoms with E-state index in [1.165, 1.54) is 12.8 Å². The second-order valence-corrected chi connectivity index (χ2v) is 4.48. The van der Waals surface area contributed by atoms with Crippen molar-refractivity contribution in [3.63, 3.8) is 0 Å². The van der Waals surface area contributed by atoms with Crippen LogP contribution in [0.15, 0.2) is 12.1 Å². The van der Waals surface area contributed by atoms with E-state index in [1.54, 1.807) is 7.11 Å². The van der Waals surface area contributed by atoms with Crippen molar-refractivity contribution < 1.29 is 9.47 Å². The summed E-state index contributed by atoms with van der Waals surface area (Å²) in [6, 6.07) is 3.89. The first kappa shape index (κ1) is 15.1. The lowest BCUT2D eigenvalue weighted by Gasteiger charge is -2.13. The quantitative estimate of drug-likeness (QED) is 0.733. The van der Waals surface area contributed by atoms with Crippen molar-refractivity contribution >= 4 is 11.6 Å².